The summed E-state index contributed by atoms with van der Waals surface area (Å²) in [4.78, 5) is 26.6. The summed E-state index contributed by atoms with van der Waals surface area (Å²) in [6.07, 6.45) is 1.42. The van der Waals surface area contributed by atoms with Crippen molar-refractivity contribution in [3.05, 3.63) is 11.9 Å². The SMILES string of the molecule is CC(=O)N1CCN(C(=O)c2[nH]ncc2N)CC1. The Morgan fingerprint density at radius 2 is 1.88 bits per heavy atom. The topological polar surface area (TPSA) is 95.3 Å². The minimum Gasteiger partial charge on any atom is -0.396 e. The lowest BCUT2D eigenvalue weighted by molar-refractivity contribution is -0.130. The van der Waals surface area contributed by atoms with Crippen LogP contribution >= 0.6 is 0 Å². The Bertz CT molecular complexity index is 434. The molecule has 1 aliphatic rings. The molecule has 0 spiro atoms. The van der Waals surface area contributed by atoms with E-state index < -0.39 is 0 Å². The van der Waals surface area contributed by atoms with E-state index in [-0.39, 0.29) is 11.8 Å². The normalized spacial score (nSPS) is 16.1. The van der Waals surface area contributed by atoms with Crippen LogP contribution in [0.1, 0.15) is 17.4 Å². The lowest BCUT2D eigenvalue weighted by Gasteiger charge is -2.33. The van der Waals surface area contributed by atoms with Crippen molar-refractivity contribution in [3.8, 4) is 0 Å². The van der Waals surface area contributed by atoms with Crippen molar-refractivity contribution in [3.63, 3.8) is 0 Å². The van der Waals surface area contributed by atoms with Gasteiger partial charge < -0.3 is 15.5 Å². The second-order valence-electron chi connectivity index (χ2n) is 4.00. The van der Waals surface area contributed by atoms with E-state index in [0.29, 0.717) is 37.6 Å². The van der Waals surface area contributed by atoms with Crippen LogP contribution in [0.15, 0.2) is 6.20 Å². The van der Waals surface area contributed by atoms with Gasteiger partial charge in [-0.2, -0.15) is 5.10 Å². The highest BCUT2D eigenvalue weighted by Crippen LogP contribution is 2.12. The van der Waals surface area contributed by atoms with Crippen LogP contribution in [0.25, 0.3) is 0 Å². The number of nitrogen functional groups attached to an aromatic ring is 1. The highest BCUT2D eigenvalue weighted by molar-refractivity contribution is 5.97. The zero-order valence-electron chi connectivity index (χ0n) is 9.64. The zero-order chi connectivity index (χ0) is 12.4. The fourth-order valence-corrected chi connectivity index (χ4v) is 1.85. The number of aromatic nitrogens is 2. The fraction of sp³-hybridized carbons (Fsp3) is 0.500. The number of nitrogens with zero attached hydrogens (tertiary/aromatic N) is 3. The third-order valence-corrected chi connectivity index (χ3v) is 2.89. The van der Waals surface area contributed by atoms with Gasteiger partial charge >= 0.3 is 0 Å². The van der Waals surface area contributed by atoms with Crippen molar-refractivity contribution >= 4 is 17.5 Å². The summed E-state index contributed by atoms with van der Waals surface area (Å²) in [5.41, 5.74) is 6.29. The molecule has 3 N–H and O–H groups in total. The van der Waals surface area contributed by atoms with Gasteiger partial charge in [-0.1, -0.05) is 0 Å². The van der Waals surface area contributed by atoms with Crippen molar-refractivity contribution in [2.45, 2.75) is 6.92 Å². The van der Waals surface area contributed by atoms with Crippen molar-refractivity contribution in [1.82, 2.24) is 20.0 Å². The predicted octanol–water partition coefficient (Wildman–Crippen LogP) is -0.704. The largest absolute Gasteiger partial charge is 0.396 e. The maximum Gasteiger partial charge on any atom is 0.274 e. The average molecular weight is 237 g/mol. The highest BCUT2D eigenvalue weighted by atomic mass is 16.2. The standard InChI is InChI=1S/C10H15N5O2/c1-7(16)14-2-4-15(5-3-14)10(17)9-8(11)6-12-13-9/h6H,2-5,11H2,1H3,(H,12,13). The minimum absolute atomic E-state index is 0.0400. The first-order valence-corrected chi connectivity index (χ1v) is 5.43. The molecule has 0 aromatic carbocycles. The lowest BCUT2D eigenvalue weighted by atomic mass is 10.2. The fourth-order valence-electron chi connectivity index (χ4n) is 1.85. The number of hydrogen-bond acceptors (Lipinski definition) is 4. The Labute approximate surface area is 98.6 Å². The van der Waals surface area contributed by atoms with Gasteiger partial charge in [0.25, 0.3) is 5.91 Å². The Balaban J connectivity index is 2.00. The molecule has 0 aliphatic carbocycles. The van der Waals surface area contributed by atoms with E-state index in [1.807, 2.05) is 0 Å². The van der Waals surface area contributed by atoms with E-state index in [0.717, 1.165) is 0 Å². The van der Waals surface area contributed by atoms with Crippen molar-refractivity contribution in [1.29, 1.82) is 0 Å². The number of carbonyl (C=O) groups is 2. The lowest BCUT2D eigenvalue weighted by Crippen LogP contribution is -2.50. The molecule has 1 fully saturated rings. The van der Waals surface area contributed by atoms with Crippen LogP contribution in [0.4, 0.5) is 5.69 Å². The predicted molar refractivity (Wildman–Crippen MR) is 61.2 cm³/mol. The summed E-state index contributed by atoms with van der Waals surface area (Å²) in [7, 11) is 0. The minimum atomic E-state index is -0.164. The molecule has 0 atom stereocenters. The van der Waals surface area contributed by atoms with Gasteiger partial charge in [-0.25, -0.2) is 0 Å². The van der Waals surface area contributed by atoms with Crippen molar-refractivity contribution < 1.29 is 9.59 Å². The van der Waals surface area contributed by atoms with E-state index in [4.69, 9.17) is 5.73 Å². The summed E-state index contributed by atoms with van der Waals surface area (Å²) in [6.45, 7) is 3.71. The molecule has 17 heavy (non-hydrogen) atoms. The first-order valence-electron chi connectivity index (χ1n) is 5.43. The van der Waals surface area contributed by atoms with E-state index in [1.54, 1.807) is 9.80 Å². The molecule has 0 bridgehead atoms. The van der Waals surface area contributed by atoms with Crippen molar-refractivity contribution in [2.24, 2.45) is 0 Å². The third-order valence-electron chi connectivity index (χ3n) is 2.89. The average Bonchev–Trinajstić information content (AvgIpc) is 2.74. The maximum atomic E-state index is 12.0. The monoisotopic (exact) mass is 237 g/mol. The van der Waals surface area contributed by atoms with Crippen LogP contribution in [-0.4, -0.2) is 58.0 Å². The summed E-state index contributed by atoms with van der Waals surface area (Å²) in [5, 5.41) is 6.31. The highest BCUT2D eigenvalue weighted by Gasteiger charge is 2.25. The van der Waals surface area contributed by atoms with Gasteiger partial charge in [-0.3, -0.25) is 14.7 Å². The Morgan fingerprint density at radius 1 is 1.29 bits per heavy atom. The Kier molecular flexibility index (Phi) is 2.99. The zero-order valence-corrected chi connectivity index (χ0v) is 9.64. The molecule has 0 saturated carbocycles. The Morgan fingerprint density at radius 3 is 2.35 bits per heavy atom. The van der Waals surface area contributed by atoms with Crippen LogP contribution in [0, 0.1) is 0 Å². The van der Waals surface area contributed by atoms with Gasteiger partial charge in [0, 0.05) is 33.1 Å². The van der Waals surface area contributed by atoms with E-state index in [1.165, 1.54) is 13.1 Å². The first-order chi connectivity index (χ1) is 8.09. The van der Waals surface area contributed by atoms with Gasteiger partial charge in [-0.15, -0.1) is 0 Å². The second-order valence-corrected chi connectivity index (χ2v) is 4.00. The smallest absolute Gasteiger partial charge is 0.274 e. The number of anilines is 1. The number of carbonyl (C=O) groups excluding carboxylic acids is 2. The number of nitrogens with two attached hydrogens (primary N) is 1. The van der Waals surface area contributed by atoms with E-state index in [2.05, 4.69) is 10.2 Å². The number of H-pyrrole nitrogens is 1. The third kappa shape index (κ3) is 2.22. The van der Waals surface area contributed by atoms with E-state index in [9.17, 15) is 9.59 Å². The number of amides is 2. The van der Waals surface area contributed by atoms with Gasteiger partial charge in [-0.05, 0) is 0 Å². The molecule has 2 amide bonds. The van der Waals surface area contributed by atoms with Crippen LogP contribution in [0.2, 0.25) is 0 Å². The maximum absolute atomic E-state index is 12.0. The molecule has 0 radical (unpaired) electrons. The quantitative estimate of drug-likeness (QED) is 0.675. The molecule has 0 unspecified atom stereocenters. The summed E-state index contributed by atoms with van der Waals surface area (Å²) in [5.74, 6) is -0.124. The molecule has 1 aliphatic heterocycles. The van der Waals surface area contributed by atoms with Gasteiger partial charge in [0.15, 0.2) is 0 Å². The molecule has 7 heteroatoms. The summed E-state index contributed by atoms with van der Waals surface area (Å²) < 4.78 is 0. The van der Waals surface area contributed by atoms with Gasteiger partial charge in [0.05, 0.1) is 11.9 Å². The first kappa shape index (κ1) is 11.4. The Hall–Kier alpha value is -2.05. The molecule has 92 valence electrons. The van der Waals surface area contributed by atoms with Crippen LogP contribution in [0.5, 0.6) is 0 Å². The summed E-state index contributed by atoms with van der Waals surface area (Å²) >= 11 is 0. The van der Waals surface area contributed by atoms with Gasteiger partial charge in [0.2, 0.25) is 5.91 Å². The summed E-state index contributed by atoms with van der Waals surface area (Å²) in [6, 6.07) is 0. The number of piperazine rings is 1. The molecular formula is C10H15N5O2. The van der Waals surface area contributed by atoms with Crippen molar-refractivity contribution in [2.75, 3.05) is 31.9 Å². The number of hydrogen-bond donors (Lipinski definition) is 2. The van der Waals surface area contributed by atoms with Crippen LogP contribution in [-0.2, 0) is 4.79 Å². The molecule has 1 aromatic heterocycles. The van der Waals surface area contributed by atoms with E-state index >= 15 is 0 Å². The molecular weight excluding hydrogens is 222 g/mol. The molecule has 2 heterocycles. The number of aromatic amines is 1. The number of rotatable bonds is 1. The molecule has 1 aromatic rings. The molecule has 1 saturated heterocycles. The van der Waals surface area contributed by atoms with Crippen LogP contribution < -0.4 is 5.73 Å². The number of nitrogens with one attached hydrogen (secondary N) is 1. The van der Waals surface area contributed by atoms with Gasteiger partial charge in [0.1, 0.15) is 5.69 Å². The van der Waals surface area contributed by atoms with Crippen LogP contribution in [0.3, 0.4) is 0 Å². The second kappa shape index (κ2) is 4.44. The molecule has 7 nitrogen and oxygen atoms in total. The molecule has 2 rings (SSSR count).